The molecule has 0 aliphatic carbocycles. The Balaban J connectivity index is 2.12. The molecule has 1 atom stereocenters. The highest BCUT2D eigenvalue weighted by molar-refractivity contribution is 7.12. The lowest BCUT2D eigenvalue weighted by molar-refractivity contribution is 0.897. The molecule has 0 bridgehead atoms. The number of aryl methyl sites for hydroxylation is 1. The second-order valence-corrected chi connectivity index (χ2v) is 5.30. The van der Waals surface area contributed by atoms with Gasteiger partial charge in [0.15, 0.2) is 0 Å². The lowest BCUT2D eigenvalue weighted by Gasteiger charge is -2.13. The van der Waals surface area contributed by atoms with Gasteiger partial charge in [0.2, 0.25) is 0 Å². The van der Waals surface area contributed by atoms with Gasteiger partial charge in [0.1, 0.15) is 11.6 Å². The number of nitrogen functional groups attached to an aromatic ring is 2. The van der Waals surface area contributed by atoms with Crippen molar-refractivity contribution in [2.45, 2.75) is 19.9 Å². The molecule has 5 N–H and O–H groups in total. The molecule has 17 heavy (non-hydrogen) atoms. The van der Waals surface area contributed by atoms with Crippen molar-refractivity contribution < 1.29 is 0 Å². The molecule has 0 radical (unpaired) electrons. The first-order valence-electron chi connectivity index (χ1n) is 5.41. The first-order chi connectivity index (χ1) is 8.06. The zero-order chi connectivity index (χ0) is 12.4. The molecular formula is C12H16N4S. The standard InChI is InChI=1S/C12H16N4S/c1-7-3-5-10(17-7)8(2)15-11-6-4-9(13)12(14)16-11/h3-6,8H,13H2,1-2H3,(H3,14,15,16). The molecule has 0 fully saturated rings. The second kappa shape index (κ2) is 4.63. The summed E-state index contributed by atoms with van der Waals surface area (Å²) in [4.78, 5) is 6.77. The quantitative estimate of drug-likeness (QED) is 0.780. The fourth-order valence-corrected chi connectivity index (χ4v) is 2.42. The second-order valence-electron chi connectivity index (χ2n) is 3.99. The summed E-state index contributed by atoms with van der Waals surface area (Å²) in [5, 5.41) is 3.30. The molecule has 0 aliphatic rings. The minimum Gasteiger partial charge on any atom is -0.396 e. The van der Waals surface area contributed by atoms with E-state index in [4.69, 9.17) is 11.5 Å². The number of nitrogens with two attached hydrogens (primary N) is 2. The molecule has 90 valence electrons. The van der Waals surface area contributed by atoms with Crippen molar-refractivity contribution in [3.05, 3.63) is 34.0 Å². The van der Waals surface area contributed by atoms with Gasteiger partial charge in [0, 0.05) is 9.75 Å². The van der Waals surface area contributed by atoms with Crippen LogP contribution in [0.1, 0.15) is 22.7 Å². The Labute approximate surface area is 105 Å². The summed E-state index contributed by atoms with van der Waals surface area (Å²) in [6.07, 6.45) is 0. The molecular weight excluding hydrogens is 232 g/mol. The third kappa shape index (κ3) is 2.68. The van der Waals surface area contributed by atoms with E-state index in [1.807, 2.05) is 6.07 Å². The van der Waals surface area contributed by atoms with Gasteiger partial charge in [0.25, 0.3) is 0 Å². The maximum atomic E-state index is 5.67. The molecule has 0 spiro atoms. The number of thiophene rings is 1. The predicted molar refractivity (Wildman–Crippen MR) is 74.2 cm³/mol. The Bertz CT molecular complexity index is 521. The Kier molecular flexibility index (Phi) is 3.19. The maximum absolute atomic E-state index is 5.67. The summed E-state index contributed by atoms with van der Waals surface area (Å²) < 4.78 is 0. The van der Waals surface area contributed by atoms with Gasteiger partial charge in [-0.15, -0.1) is 11.3 Å². The van der Waals surface area contributed by atoms with Crippen LogP contribution in [0.3, 0.4) is 0 Å². The first kappa shape index (κ1) is 11.7. The fraction of sp³-hybridized carbons (Fsp3) is 0.250. The van der Waals surface area contributed by atoms with Crippen molar-refractivity contribution in [2.75, 3.05) is 16.8 Å². The van der Waals surface area contributed by atoms with Crippen molar-refractivity contribution in [1.29, 1.82) is 0 Å². The van der Waals surface area contributed by atoms with Crippen LogP contribution in [0, 0.1) is 6.92 Å². The number of anilines is 3. The molecule has 0 saturated heterocycles. The van der Waals surface area contributed by atoms with Gasteiger partial charge in [-0.05, 0) is 38.1 Å². The maximum Gasteiger partial charge on any atom is 0.149 e. The lowest BCUT2D eigenvalue weighted by atomic mass is 10.2. The third-order valence-electron chi connectivity index (χ3n) is 2.51. The molecule has 0 amide bonds. The molecule has 2 rings (SSSR count). The van der Waals surface area contributed by atoms with Crippen LogP contribution in [0.2, 0.25) is 0 Å². The van der Waals surface area contributed by atoms with Crippen LogP contribution in [0.4, 0.5) is 17.3 Å². The first-order valence-corrected chi connectivity index (χ1v) is 6.23. The monoisotopic (exact) mass is 248 g/mol. The van der Waals surface area contributed by atoms with Crippen LogP contribution in [0.25, 0.3) is 0 Å². The molecule has 2 aromatic rings. The topological polar surface area (TPSA) is 77.0 Å². The number of rotatable bonds is 3. The lowest BCUT2D eigenvalue weighted by Crippen LogP contribution is -2.08. The third-order valence-corrected chi connectivity index (χ3v) is 3.69. The number of aromatic nitrogens is 1. The SMILES string of the molecule is Cc1ccc(C(C)Nc2ccc(N)c(N)n2)s1. The number of pyridine rings is 1. The highest BCUT2D eigenvalue weighted by atomic mass is 32.1. The Morgan fingerprint density at radius 3 is 2.59 bits per heavy atom. The van der Waals surface area contributed by atoms with Gasteiger partial charge in [-0.25, -0.2) is 4.98 Å². The predicted octanol–water partition coefficient (Wildman–Crippen LogP) is 2.79. The molecule has 0 aromatic carbocycles. The summed E-state index contributed by atoms with van der Waals surface area (Å²) in [5.74, 6) is 1.11. The van der Waals surface area contributed by atoms with E-state index in [0.29, 0.717) is 11.5 Å². The smallest absolute Gasteiger partial charge is 0.149 e. The van der Waals surface area contributed by atoms with Crippen LogP contribution in [-0.2, 0) is 0 Å². The summed E-state index contributed by atoms with van der Waals surface area (Å²) in [6.45, 7) is 4.19. The zero-order valence-electron chi connectivity index (χ0n) is 9.90. The van der Waals surface area contributed by atoms with Crippen molar-refractivity contribution in [1.82, 2.24) is 4.98 Å². The summed E-state index contributed by atoms with van der Waals surface area (Å²) in [5.41, 5.74) is 11.8. The van der Waals surface area contributed by atoms with E-state index in [9.17, 15) is 0 Å². The minimum atomic E-state index is 0.212. The number of nitrogens with one attached hydrogen (secondary N) is 1. The zero-order valence-corrected chi connectivity index (χ0v) is 10.7. The van der Waals surface area contributed by atoms with Crippen LogP contribution in [0.15, 0.2) is 24.3 Å². The van der Waals surface area contributed by atoms with E-state index in [-0.39, 0.29) is 6.04 Å². The van der Waals surface area contributed by atoms with E-state index in [0.717, 1.165) is 5.82 Å². The van der Waals surface area contributed by atoms with Gasteiger partial charge in [-0.3, -0.25) is 0 Å². The molecule has 0 aliphatic heterocycles. The van der Waals surface area contributed by atoms with Crippen LogP contribution < -0.4 is 16.8 Å². The molecule has 4 nitrogen and oxygen atoms in total. The normalized spacial score (nSPS) is 12.4. The van der Waals surface area contributed by atoms with Crippen molar-refractivity contribution in [2.24, 2.45) is 0 Å². The van der Waals surface area contributed by atoms with Gasteiger partial charge < -0.3 is 16.8 Å². The molecule has 5 heteroatoms. The van der Waals surface area contributed by atoms with Crippen LogP contribution in [0.5, 0.6) is 0 Å². The van der Waals surface area contributed by atoms with Gasteiger partial charge in [-0.2, -0.15) is 0 Å². The van der Waals surface area contributed by atoms with E-state index < -0.39 is 0 Å². The largest absolute Gasteiger partial charge is 0.396 e. The van der Waals surface area contributed by atoms with Gasteiger partial charge in [0.05, 0.1) is 11.7 Å². The van der Waals surface area contributed by atoms with Crippen molar-refractivity contribution in [3.63, 3.8) is 0 Å². The molecule has 1 unspecified atom stereocenters. The van der Waals surface area contributed by atoms with Crippen LogP contribution >= 0.6 is 11.3 Å². The van der Waals surface area contributed by atoms with E-state index >= 15 is 0 Å². The van der Waals surface area contributed by atoms with Crippen molar-refractivity contribution in [3.8, 4) is 0 Å². The highest BCUT2D eigenvalue weighted by Gasteiger charge is 2.08. The van der Waals surface area contributed by atoms with Gasteiger partial charge in [-0.1, -0.05) is 0 Å². The van der Waals surface area contributed by atoms with Gasteiger partial charge >= 0.3 is 0 Å². The van der Waals surface area contributed by atoms with E-state index in [1.54, 1.807) is 17.4 Å². The summed E-state index contributed by atoms with van der Waals surface area (Å²) in [6, 6.07) is 8.05. The molecule has 2 heterocycles. The van der Waals surface area contributed by atoms with E-state index in [2.05, 4.69) is 36.3 Å². The number of hydrogen-bond acceptors (Lipinski definition) is 5. The Morgan fingerprint density at radius 1 is 1.24 bits per heavy atom. The Hall–Kier alpha value is -1.75. The van der Waals surface area contributed by atoms with E-state index in [1.165, 1.54) is 9.75 Å². The summed E-state index contributed by atoms with van der Waals surface area (Å²) in [7, 11) is 0. The fourth-order valence-electron chi connectivity index (χ4n) is 1.55. The number of nitrogens with zero attached hydrogens (tertiary/aromatic N) is 1. The van der Waals surface area contributed by atoms with Crippen molar-refractivity contribution >= 4 is 28.7 Å². The highest BCUT2D eigenvalue weighted by Crippen LogP contribution is 2.26. The van der Waals surface area contributed by atoms with Crippen LogP contribution in [-0.4, -0.2) is 4.98 Å². The summed E-state index contributed by atoms with van der Waals surface area (Å²) >= 11 is 1.78. The Morgan fingerprint density at radius 2 is 2.00 bits per heavy atom. The molecule has 0 saturated carbocycles. The number of hydrogen-bond donors (Lipinski definition) is 3. The average molecular weight is 248 g/mol. The minimum absolute atomic E-state index is 0.212. The average Bonchev–Trinajstić information content (AvgIpc) is 2.70. The molecule has 2 aromatic heterocycles.